The maximum atomic E-state index is 14.0. The van der Waals surface area contributed by atoms with Gasteiger partial charge in [0.1, 0.15) is 17.0 Å². The number of alkyl halides is 3. The van der Waals surface area contributed by atoms with Gasteiger partial charge in [-0.3, -0.25) is 9.48 Å². The van der Waals surface area contributed by atoms with E-state index in [1.165, 1.54) is 41.6 Å². The lowest BCUT2D eigenvalue weighted by atomic mass is 10.0. The molecular weight excluding hydrogens is 447 g/mol. The van der Waals surface area contributed by atoms with E-state index in [9.17, 15) is 18.0 Å². The molecule has 3 heterocycles. The summed E-state index contributed by atoms with van der Waals surface area (Å²) in [4.78, 5) is 18.2. The fourth-order valence-corrected chi connectivity index (χ4v) is 3.39. The van der Waals surface area contributed by atoms with Crippen LogP contribution in [0.4, 0.5) is 18.9 Å². The molecule has 0 fully saturated rings. The summed E-state index contributed by atoms with van der Waals surface area (Å²) in [6, 6.07) is 9.24. The Labute approximate surface area is 184 Å². The van der Waals surface area contributed by atoms with Crippen molar-refractivity contribution in [1.82, 2.24) is 29.8 Å². The molecule has 0 aliphatic carbocycles. The van der Waals surface area contributed by atoms with E-state index in [1.807, 2.05) is 0 Å². The van der Waals surface area contributed by atoms with Crippen LogP contribution in [-0.4, -0.2) is 35.7 Å². The standard InChI is InChI=1S/C20H15ClF3N7O/c1-2-30-17(15(20(22,23)24)16(29-30)12-6-4-3-5-7-12)19(32)28-13-10-14(21)18(25-11-13)31-26-8-9-27-31/h3-11H,2H2,1H3,(H,28,32). The molecule has 8 nitrogen and oxygen atoms in total. The first-order chi connectivity index (χ1) is 15.3. The zero-order valence-electron chi connectivity index (χ0n) is 16.5. The fourth-order valence-electron chi connectivity index (χ4n) is 3.15. The molecule has 0 saturated heterocycles. The van der Waals surface area contributed by atoms with Crippen molar-refractivity contribution in [3.8, 4) is 17.1 Å². The molecule has 0 spiro atoms. The van der Waals surface area contributed by atoms with E-state index < -0.39 is 23.3 Å². The average Bonchev–Trinajstić information content (AvgIpc) is 3.42. The molecule has 164 valence electrons. The smallest absolute Gasteiger partial charge is 0.319 e. The summed E-state index contributed by atoms with van der Waals surface area (Å²) in [5.41, 5.74) is -1.68. The molecule has 32 heavy (non-hydrogen) atoms. The van der Waals surface area contributed by atoms with Crippen LogP contribution in [0.15, 0.2) is 55.0 Å². The summed E-state index contributed by atoms with van der Waals surface area (Å²) in [6.45, 7) is 1.66. The predicted molar refractivity (Wildman–Crippen MR) is 110 cm³/mol. The minimum Gasteiger partial charge on any atom is -0.319 e. The number of rotatable bonds is 5. The Morgan fingerprint density at radius 1 is 1.16 bits per heavy atom. The second-order valence-electron chi connectivity index (χ2n) is 6.55. The highest BCUT2D eigenvalue weighted by Crippen LogP contribution is 2.39. The van der Waals surface area contributed by atoms with Crippen LogP contribution in [0.3, 0.4) is 0 Å². The Morgan fingerprint density at radius 3 is 2.44 bits per heavy atom. The summed E-state index contributed by atoms with van der Waals surface area (Å²) in [5.74, 6) is -0.785. The van der Waals surface area contributed by atoms with Gasteiger partial charge in [-0.25, -0.2) is 4.98 Å². The molecule has 4 rings (SSSR count). The highest BCUT2D eigenvalue weighted by Gasteiger charge is 2.42. The molecule has 1 N–H and O–H groups in total. The van der Waals surface area contributed by atoms with E-state index in [0.717, 1.165) is 4.68 Å². The normalized spacial score (nSPS) is 11.5. The number of carbonyl (C=O) groups excluding carboxylic acids is 1. The summed E-state index contributed by atoms with van der Waals surface area (Å²) in [5, 5.41) is 14.4. The zero-order valence-corrected chi connectivity index (χ0v) is 17.3. The number of nitrogens with zero attached hydrogens (tertiary/aromatic N) is 6. The minimum atomic E-state index is -4.81. The Kier molecular flexibility index (Phi) is 5.66. The van der Waals surface area contributed by atoms with Crippen molar-refractivity contribution in [3.63, 3.8) is 0 Å². The number of carbonyl (C=O) groups is 1. The van der Waals surface area contributed by atoms with Crippen LogP contribution < -0.4 is 5.32 Å². The molecule has 4 aromatic rings. The van der Waals surface area contributed by atoms with Crippen LogP contribution in [0.1, 0.15) is 23.0 Å². The first-order valence-corrected chi connectivity index (χ1v) is 9.74. The van der Waals surface area contributed by atoms with Gasteiger partial charge in [-0.2, -0.15) is 28.5 Å². The molecule has 0 unspecified atom stereocenters. The third kappa shape index (κ3) is 4.06. The first-order valence-electron chi connectivity index (χ1n) is 9.36. The fraction of sp³-hybridized carbons (Fsp3) is 0.150. The van der Waals surface area contributed by atoms with Crippen LogP contribution in [0.2, 0.25) is 5.02 Å². The molecule has 12 heteroatoms. The average molecular weight is 462 g/mol. The number of aryl methyl sites for hydroxylation is 1. The number of aromatic nitrogens is 6. The number of pyridine rings is 1. The molecule has 1 aromatic carbocycles. The Hall–Kier alpha value is -3.73. The van der Waals surface area contributed by atoms with Gasteiger partial charge in [-0.15, -0.1) is 4.80 Å². The van der Waals surface area contributed by atoms with E-state index in [4.69, 9.17) is 11.6 Å². The minimum absolute atomic E-state index is 0.0571. The summed E-state index contributed by atoms with van der Waals surface area (Å²) < 4.78 is 43.1. The van der Waals surface area contributed by atoms with Crippen molar-refractivity contribution < 1.29 is 18.0 Å². The van der Waals surface area contributed by atoms with Gasteiger partial charge < -0.3 is 5.32 Å². The van der Waals surface area contributed by atoms with Gasteiger partial charge in [0.05, 0.1) is 29.3 Å². The van der Waals surface area contributed by atoms with Crippen LogP contribution in [0, 0.1) is 0 Å². The van der Waals surface area contributed by atoms with Crippen molar-refractivity contribution >= 4 is 23.2 Å². The topological polar surface area (TPSA) is 90.5 Å². The number of benzene rings is 1. The van der Waals surface area contributed by atoms with E-state index in [2.05, 4.69) is 25.6 Å². The van der Waals surface area contributed by atoms with Gasteiger partial charge in [0.25, 0.3) is 5.91 Å². The molecule has 0 aliphatic rings. The summed E-state index contributed by atoms with van der Waals surface area (Å²) >= 11 is 6.18. The molecule has 0 aliphatic heterocycles. The van der Waals surface area contributed by atoms with Gasteiger partial charge >= 0.3 is 6.18 Å². The van der Waals surface area contributed by atoms with E-state index in [0.29, 0.717) is 0 Å². The van der Waals surface area contributed by atoms with Gasteiger partial charge in [0.2, 0.25) is 0 Å². The monoisotopic (exact) mass is 461 g/mol. The highest BCUT2D eigenvalue weighted by molar-refractivity contribution is 6.32. The Morgan fingerprint density at radius 2 is 1.84 bits per heavy atom. The van der Waals surface area contributed by atoms with Crippen molar-refractivity contribution in [1.29, 1.82) is 0 Å². The second kappa shape index (κ2) is 8.42. The second-order valence-corrected chi connectivity index (χ2v) is 6.96. The number of amides is 1. The molecule has 3 aromatic heterocycles. The number of anilines is 1. The van der Waals surface area contributed by atoms with Gasteiger partial charge in [0, 0.05) is 12.1 Å². The van der Waals surface area contributed by atoms with E-state index in [1.54, 1.807) is 25.1 Å². The van der Waals surface area contributed by atoms with Crippen molar-refractivity contribution in [2.75, 3.05) is 5.32 Å². The lowest BCUT2D eigenvalue weighted by Gasteiger charge is -2.12. The number of hydrogen-bond donors (Lipinski definition) is 1. The first kappa shape index (κ1) is 21.5. The van der Waals surface area contributed by atoms with Crippen molar-refractivity contribution in [2.24, 2.45) is 0 Å². The zero-order chi connectivity index (χ0) is 22.9. The quantitative estimate of drug-likeness (QED) is 0.473. The van der Waals surface area contributed by atoms with Crippen molar-refractivity contribution in [2.45, 2.75) is 19.6 Å². The van der Waals surface area contributed by atoms with Gasteiger partial charge in [0.15, 0.2) is 5.82 Å². The van der Waals surface area contributed by atoms with Crippen LogP contribution in [0.25, 0.3) is 17.1 Å². The van der Waals surface area contributed by atoms with Crippen LogP contribution in [-0.2, 0) is 12.7 Å². The highest BCUT2D eigenvalue weighted by atomic mass is 35.5. The Balaban J connectivity index is 1.74. The Bertz CT molecular complexity index is 1250. The maximum absolute atomic E-state index is 14.0. The number of hydrogen-bond acceptors (Lipinski definition) is 5. The predicted octanol–water partition coefficient (Wildman–Crippen LogP) is 4.47. The largest absolute Gasteiger partial charge is 0.420 e. The van der Waals surface area contributed by atoms with Gasteiger partial charge in [-0.1, -0.05) is 41.9 Å². The van der Waals surface area contributed by atoms with E-state index >= 15 is 0 Å². The molecule has 0 bridgehead atoms. The summed E-state index contributed by atoms with van der Waals surface area (Å²) in [6.07, 6.45) is -0.692. The maximum Gasteiger partial charge on any atom is 0.420 e. The number of halogens is 4. The molecule has 0 saturated carbocycles. The molecule has 0 radical (unpaired) electrons. The molecule has 0 atom stereocenters. The molecule has 1 amide bonds. The number of nitrogens with one attached hydrogen (secondary N) is 1. The van der Waals surface area contributed by atoms with Crippen LogP contribution >= 0.6 is 11.6 Å². The lowest BCUT2D eigenvalue weighted by molar-refractivity contribution is -0.137. The van der Waals surface area contributed by atoms with Crippen LogP contribution in [0.5, 0.6) is 0 Å². The third-order valence-corrected chi connectivity index (χ3v) is 4.76. The summed E-state index contributed by atoms with van der Waals surface area (Å²) in [7, 11) is 0. The third-order valence-electron chi connectivity index (χ3n) is 4.49. The SMILES string of the molecule is CCn1nc(-c2ccccc2)c(C(F)(F)F)c1C(=O)Nc1cnc(-n2nccn2)c(Cl)c1. The van der Waals surface area contributed by atoms with Crippen molar-refractivity contribution in [3.05, 3.63) is 71.3 Å². The molecular formula is C20H15ClF3N7O. The van der Waals surface area contributed by atoms with E-state index in [-0.39, 0.29) is 34.3 Å². The van der Waals surface area contributed by atoms with Gasteiger partial charge in [-0.05, 0) is 13.0 Å². The lowest BCUT2D eigenvalue weighted by Crippen LogP contribution is -2.22.